The summed E-state index contributed by atoms with van der Waals surface area (Å²) in [6.45, 7) is 14.1. The molecule has 1 N–H and O–H groups in total. The summed E-state index contributed by atoms with van der Waals surface area (Å²) in [6, 6.07) is 16.6. The van der Waals surface area contributed by atoms with Crippen molar-refractivity contribution in [2.24, 2.45) is 0 Å². The van der Waals surface area contributed by atoms with Crippen LogP contribution in [0.5, 0.6) is 0 Å². The number of carbonyl (C=O) groups is 1. The number of amides is 1. The van der Waals surface area contributed by atoms with Gasteiger partial charge in [0.2, 0.25) is 0 Å². The first kappa shape index (κ1) is 22.4. The number of hydrogen-bond donors (Lipinski definition) is 1. The van der Waals surface area contributed by atoms with Crippen molar-refractivity contribution in [3.05, 3.63) is 93.4 Å². The zero-order chi connectivity index (χ0) is 23.1. The molecule has 0 bridgehead atoms. The van der Waals surface area contributed by atoms with Crippen molar-refractivity contribution in [2.45, 2.75) is 78.2 Å². The summed E-state index contributed by atoms with van der Waals surface area (Å²) in [4.78, 5) is 12.6. The lowest BCUT2D eigenvalue weighted by Gasteiger charge is -2.42. The molecule has 0 atom stereocenters. The number of rotatable bonds is 5. The van der Waals surface area contributed by atoms with Crippen molar-refractivity contribution in [3.63, 3.8) is 0 Å². The van der Waals surface area contributed by atoms with Gasteiger partial charge in [0.1, 0.15) is 5.76 Å². The first-order valence-corrected chi connectivity index (χ1v) is 11.6. The van der Waals surface area contributed by atoms with Gasteiger partial charge in [0.15, 0.2) is 5.76 Å². The molecular weight excluding hydrogens is 394 g/mol. The third-order valence-electron chi connectivity index (χ3n) is 7.10. The minimum Gasteiger partial charge on any atom is -0.456 e. The Morgan fingerprint density at radius 3 is 2.31 bits per heavy atom. The highest BCUT2D eigenvalue weighted by Crippen LogP contribution is 2.46. The highest BCUT2D eigenvalue weighted by Gasteiger charge is 2.37. The molecule has 0 radical (unpaired) electrons. The maximum Gasteiger partial charge on any atom is 0.287 e. The molecular formula is C29H35NO2. The van der Waals surface area contributed by atoms with Crippen LogP contribution in [0.1, 0.15) is 90.2 Å². The van der Waals surface area contributed by atoms with Crippen LogP contribution in [0, 0.1) is 13.8 Å². The molecule has 0 saturated carbocycles. The summed E-state index contributed by atoms with van der Waals surface area (Å²) >= 11 is 0. The van der Waals surface area contributed by atoms with Gasteiger partial charge in [-0.1, -0.05) is 69.7 Å². The molecule has 2 aromatic carbocycles. The molecule has 3 aromatic rings. The fraction of sp³-hybridized carbons (Fsp3) is 0.414. The molecule has 32 heavy (non-hydrogen) atoms. The van der Waals surface area contributed by atoms with Crippen LogP contribution in [0.4, 0.5) is 0 Å². The van der Waals surface area contributed by atoms with E-state index in [0.717, 1.165) is 11.3 Å². The van der Waals surface area contributed by atoms with E-state index in [9.17, 15) is 4.79 Å². The van der Waals surface area contributed by atoms with E-state index in [-0.39, 0.29) is 16.7 Å². The zero-order valence-electron chi connectivity index (χ0n) is 20.3. The number of fused-ring (bicyclic) bond motifs is 1. The van der Waals surface area contributed by atoms with Crippen molar-refractivity contribution in [1.82, 2.24) is 5.32 Å². The lowest BCUT2D eigenvalue weighted by molar-refractivity contribution is 0.0921. The van der Waals surface area contributed by atoms with Gasteiger partial charge in [-0.25, -0.2) is 0 Å². The Labute approximate surface area is 192 Å². The summed E-state index contributed by atoms with van der Waals surface area (Å²) in [5.74, 6) is 1.01. The van der Waals surface area contributed by atoms with Crippen LogP contribution in [-0.4, -0.2) is 5.91 Å². The number of nitrogens with one attached hydrogen (secondary N) is 1. The highest BCUT2D eigenvalue weighted by molar-refractivity contribution is 5.91. The lowest BCUT2D eigenvalue weighted by Crippen LogP contribution is -2.34. The fourth-order valence-electron chi connectivity index (χ4n) is 4.83. The van der Waals surface area contributed by atoms with Gasteiger partial charge in [0.05, 0.1) is 0 Å². The second-order valence-corrected chi connectivity index (χ2v) is 10.7. The van der Waals surface area contributed by atoms with Crippen LogP contribution in [0.15, 0.2) is 52.9 Å². The summed E-state index contributed by atoms with van der Waals surface area (Å²) in [5, 5.41) is 2.96. The molecule has 1 aromatic heterocycles. The SMILES string of the molecule is Cc1cccc(CNC(=O)c2ccc(Cc3cc4c(cc3C)C(C)(C)CCC4(C)C)o2)c1. The van der Waals surface area contributed by atoms with Crippen LogP contribution in [-0.2, 0) is 23.8 Å². The number of aryl methyl sites for hydroxylation is 2. The number of benzene rings is 2. The van der Waals surface area contributed by atoms with E-state index in [0.29, 0.717) is 18.7 Å². The van der Waals surface area contributed by atoms with Gasteiger partial charge >= 0.3 is 0 Å². The molecule has 0 aliphatic heterocycles. The molecule has 1 aliphatic carbocycles. The molecule has 3 heteroatoms. The van der Waals surface area contributed by atoms with Crippen LogP contribution < -0.4 is 5.32 Å². The average molecular weight is 430 g/mol. The Balaban J connectivity index is 1.50. The topological polar surface area (TPSA) is 42.2 Å². The zero-order valence-corrected chi connectivity index (χ0v) is 20.3. The Bertz CT molecular complexity index is 1150. The quantitative estimate of drug-likeness (QED) is 0.486. The number of furan rings is 1. The number of carbonyl (C=O) groups excluding carboxylic acids is 1. The summed E-state index contributed by atoms with van der Waals surface area (Å²) in [5.41, 5.74) is 8.15. The normalized spacial score (nSPS) is 16.4. The molecule has 0 fully saturated rings. The molecule has 4 rings (SSSR count). The summed E-state index contributed by atoms with van der Waals surface area (Å²) < 4.78 is 5.94. The van der Waals surface area contributed by atoms with Gasteiger partial charge in [0, 0.05) is 13.0 Å². The van der Waals surface area contributed by atoms with Crippen molar-refractivity contribution in [1.29, 1.82) is 0 Å². The lowest BCUT2D eigenvalue weighted by atomic mass is 9.62. The first-order valence-electron chi connectivity index (χ1n) is 11.6. The van der Waals surface area contributed by atoms with Crippen LogP contribution in [0.3, 0.4) is 0 Å². The predicted molar refractivity (Wildman–Crippen MR) is 130 cm³/mol. The molecule has 168 valence electrons. The largest absolute Gasteiger partial charge is 0.456 e. The minimum atomic E-state index is -0.178. The smallest absolute Gasteiger partial charge is 0.287 e. The standard InChI is InChI=1S/C29H35NO2/c1-19-8-7-9-21(14-19)18-30-27(31)26-11-10-23(32-26)16-22-17-25-24(15-20(22)2)28(3,4)12-13-29(25,5)6/h7-11,14-15,17H,12-13,16,18H2,1-6H3,(H,30,31). The Kier molecular flexibility index (Phi) is 5.79. The highest BCUT2D eigenvalue weighted by atomic mass is 16.3. The molecule has 1 aliphatic rings. The van der Waals surface area contributed by atoms with E-state index < -0.39 is 0 Å². The Morgan fingerprint density at radius 1 is 0.938 bits per heavy atom. The van der Waals surface area contributed by atoms with Gasteiger partial charge in [-0.05, 0) is 77.5 Å². The third kappa shape index (κ3) is 4.53. The molecule has 1 amide bonds. The molecule has 3 nitrogen and oxygen atoms in total. The Morgan fingerprint density at radius 2 is 1.62 bits per heavy atom. The monoisotopic (exact) mass is 429 g/mol. The molecule has 0 spiro atoms. The maximum absolute atomic E-state index is 12.6. The van der Waals surface area contributed by atoms with E-state index in [1.807, 2.05) is 18.2 Å². The summed E-state index contributed by atoms with van der Waals surface area (Å²) in [7, 11) is 0. The predicted octanol–water partition coefficient (Wildman–Crippen LogP) is 6.77. The van der Waals surface area contributed by atoms with Gasteiger partial charge in [-0.2, -0.15) is 0 Å². The fourth-order valence-corrected chi connectivity index (χ4v) is 4.83. The van der Waals surface area contributed by atoms with Crippen molar-refractivity contribution >= 4 is 5.91 Å². The van der Waals surface area contributed by atoms with Crippen LogP contribution >= 0.6 is 0 Å². The summed E-state index contributed by atoms with van der Waals surface area (Å²) in [6.07, 6.45) is 3.10. The first-order chi connectivity index (χ1) is 15.0. The second-order valence-electron chi connectivity index (χ2n) is 10.7. The molecule has 1 heterocycles. The van der Waals surface area contributed by atoms with Crippen molar-refractivity contribution < 1.29 is 9.21 Å². The van der Waals surface area contributed by atoms with Gasteiger partial charge in [0.25, 0.3) is 5.91 Å². The van der Waals surface area contributed by atoms with Gasteiger partial charge < -0.3 is 9.73 Å². The van der Waals surface area contributed by atoms with Crippen LogP contribution in [0.25, 0.3) is 0 Å². The number of hydrogen-bond acceptors (Lipinski definition) is 2. The average Bonchev–Trinajstić information content (AvgIpc) is 3.20. The molecule has 0 saturated heterocycles. The van der Waals surface area contributed by atoms with Gasteiger partial charge in [-0.15, -0.1) is 0 Å². The maximum atomic E-state index is 12.6. The van der Waals surface area contributed by atoms with Crippen molar-refractivity contribution in [3.8, 4) is 0 Å². The van der Waals surface area contributed by atoms with E-state index in [2.05, 4.69) is 71.1 Å². The Hall–Kier alpha value is -2.81. The van der Waals surface area contributed by atoms with E-state index >= 15 is 0 Å². The third-order valence-corrected chi connectivity index (χ3v) is 7.10. The minimum absolute atomic E-state index is 0.178. The van der Waals surface area contributed by atoms with Gasteiger partial charge in [-0.3, -0.25) is 4.79 Å². The van der Waals surface area contributed by atoms with E-state index in [1.54, 1.807) is 6.07 Å². The van der Waals surface area contributed by atoms with Crippen molar-refractivity contribution in [2.75, 3.05) is 0 Å². The second kappa shape index (κ2) is 8.27. The molecule has 0 unspecified atom stereocenters. The van der Waals surface area contributed by atoms with E-state index in [1.165, 1.54) is 40.7 Å². The van der Waals surface area contributed by atoms with E-state index in [4.69, 9.17) is 4.42 Å². The van der Waals surface area contributed by atoms with Crippen LogP contribution in [0.2, 0.25) is 0 Å².